The van der Waals surface area contributed by atoms with Crippen LogP contribution in [0.1, 0.15) is 0 Å². The minimum absolute atomic E-state index is 0.755. The summed E-state index contributed by atoms with van der Waals surface area (Å²) in [6, 6.07) is 5.53. The molecule has 2 nitrogen and oxygen atoms in total. The van der Waals surface area contributed by atoms with Gasteiger partial charge in [0.15, 0.2) is 0 Å². The zero-order chi connectivity index (χ0) is 8.97. The first kappa shape index (κ1) is 9.61. The van der Waals surface area contributed by atoms with Gasteiger partial charge in [0.25, 0.3) is 0 Å². The van der Waals surface area contributed by atoms with Crippen molar-refractivity contribution in [3.63, 3.8) is 0 Å². The Balaban J connectivity index is 2.75. The summed E-state index contributed by atoms with van der Waals surface area (Å²) in [4.78, 5) is 1.05. The molecule has 0 aliphatic heterocycles. The average Bonchev–Trinajstić information content (AvgIpc) is 2.07. The first-order valence-corrected chi connectivity index (χ1v) is 5.24. The van der Waals surface area contributed by atoms with E-state index in [4.69, 9.17) is 11.5 Å². The van der Waals surface area contributed by atoms with E-state index in [0.717, 1.165) is 27.8 Å². The van der Waals surface area contributed by atoms with Gasteiger partial charge in [0.05, 0.1) is 0 Å². The Kier molecular flexibility index (Phi) is 3.62. The zero-order valence-electron chi connectivity index (χ0n) is 6.66. The summed E-state index contributed by atoms with van der Waals surface area (Å²) in [6.45, 7) is 0. The first-order valence-electron chi connectivity index (χ1n) is 3.62. The van der Waals surface area contributed by atoms with Gasteiger partial charge in [-0.05, 0) is 24.0 Å². The van der Waals surface area contributed by atoms with E-state index in [0.29, 0.717) is 0 Å². The number of rotatable bonds is 3. The maximum Gasteiger partial charge on any atom is 0.0453 e. The van der Waals surface area contributed by atoms with Crippen molar-refractivity contribution in [2.75, 3.05) is 23.0 Å². The van der Waals surface area contributed by atoms with E-state index in [2.05, 4.69) is 12.6 Å². The maximum absolute atomic E-state index is 5.73. The van der Waals surface area contributed by atoms with Crippen molar-refractivity contribution in [3.8, 4) is 0 Å². The smallest absolute Gasteiger partial charge is 0.0453 e. The number of hydrogen-bond acceptors (Lipinski definition) is 4. The molecule has 0 bridgehead atoms. The lowest BCUT2D eigenvalue weighted by atomic mass is 10.3. The second-order valence-corrected chi connectivity index (χ2v) is 3.95. The summed E-state index contributed by atoms with van der Waals surface area (Å²) in [5, 5.41) is 0. The Morgan fingerprint density at radius 2 is 2.08 bits per heavy atom. The molecule has 0 unspecified atom stereocenters. The summed E-state index contributed by atoms with van der Waals surface area (Å²) >= 11 is 5.80. The van der Waals surface area contributed by atoms with Crippen LogP contribution in [0.3, 0.4) is 0 Å². The summed E-state index contributed by atoms with van der Waals surface area (Å²) in [7, 11) is 0. The quantitative estimate of drug-likeness (QED) is 0.397. The van der Waals surface area contributed by atoms with Gasteiger partial charge in [-0.2, -0.15) is 12.6 Å². The van der Waals surface area contributed by atoms with Gasteiger partial charge >= 0.3 is 0 Å². The van der Waals surface area contributed by atoms with Crippen molar-refractivity contribution in [2.24, 2.45) is 0 Å². The Morgan fingerprint density at radius 3 is 2.75 bits per heavy atom. The molecule has 12 heavy (non-hydrogen) atoms. The Morgan fingerprint density at radius 1 is 1.33 bits per heavy atom. The summed E-state index contributed by atoms with van der Waals surface area (Å²) in [5.74, 6) is 1.80. The molecule has 0 aliphatic carbocycles. The second-order valence-electron chi connectivity index (χ2n) is 2.37. The van der Waals surface area contributed by atoms with Crippen molar-refractivity contribution in [3.05, 3.63) is 18.2 Å². The highest BCUT2D eigenvalue weighted by Crippen LogP contribution is 2.26. The molecule has 0 aliphatic rings. The van der Waals surface area contributed by atoms with Crippen LogP contribution in [0.25, 0.3) is 0 Å². The van der Waals surface area contributed by atoms with Crippen LogP contribution in [0.15, 0.2) is 23.1 Å². The number of thioether (sulfide) groups is 1. The lowest BCUT2D eigenvalue weighted by Crippen LogP contribution is -1.92. The van der Waals surface area contributed by atoms with Crippen LogP contribution in [0, 0.1) is 0 Å². The summed E-state index contributed by atoms with van der Waals surface area (Å²) < 4.78 is 0. The molecule has 0 saturated heterocycles. The normalized spacial score (nSPS) is 10.1. The van der Waals surface area contributed by atoms with Crippen LogP contribution in [-0.2, 0) is 0 Å². The Bertz CT molecular complexity index is 263. The topological polar surface area (TPSA) is 52.0 Å². The van der Waals surface area contributed by atoms with Crippen molar-refractivity contribution in [2.45, 2.75) is 4.90 Å². The van der Waals surface area contributed by atoms with E-state index >= 15 is 0 Å². The number of anilines is 2. The van der Waals surface area contributed by atoms with Gasteiger partial charge in [0, 0.05) is 22.0 Å². The standard InChI is InChI=1S/C8H12N2S2/c9-6-1-2-7(10)8(5-6)12-4-3-11/h1-2,5,11H,3-4,9-10H2. The van der Waals surface area contributed by atoms with Gasteiger partial charge in [-0.15, -0.1) is 11.8 Å². The molecular formula is C8H12N2S2. The van der Waals surface area contributed by atoms with Gasteiger partial charge in [0.2, 0.25) is 0 Å². The molecule has 1 rings (SSSR count). The van der Waals surface area contributed by atoms with E-state index in [9.17, 15) is 0 Å². The highest BCUT2D eigenvalue weighted by molar-refractivity contribution is 8.00. The minimum Gasteiger partial charge on any atom is -0.399 e. The molecule has 4 N–H and O–H groups in total. The Hall–Kier alpha value is -0.480. The van der Waals surface area contributed by atoms with E-state index in [1.165, 1.54) is 0 Å². The van der Waals surface area contributed by atoms with E-state index in [1.807, 2.05) is 12.1 Å². The van der Waals surface area contributed by atoms with E-state index < -0.39 is 0 Å². The maximum atomic E-state index is 5.73. The van der Waals surface area contributed by atoms with Gasteiger partial charge in [-0.25, -0.2) is 0 Å². The van der Waals surface area contributed by atoms with Crippen LogP contribution in [0.4, 0.5) is 11.4 Å². The SMILES string of the molecule is Nc1ccc(N)c(SCCS)c1. The van der Waals surface area contributed by atoms with Crippen molar-refractivity contribution in [1.29, 1.82) is 0 Å². The molecule has 4 heteroatoms. The predicted molar refractivity (Wildman–Crippen MR) is 59.8 cm³/mol. The molecule has 0 amide bonds. The molecule has 1 aromatic carbocycles. The summed E-state index contributed by atoms with van der Waals surface area (Å²) in [6.07, 6.45) is 0. The van der Waals surface area contributed by atoms with Crippen LogP contribution in [0.5, 0.6) is 0 Å². The fourth-order valence-electron chi connectivity index (χ4n) is 0.832. The molecule has 0 atom stereocenters. The first-order chi connectivity index (χ1) is 5.74. The molecule has 0 spiro atoms. The lowest BCUT2D eigenvalue weighted by Gasteiger charge is -2.04. The lowest BCUT2D eigenvalue weighted by molar-refractivity contribution is 1.44. The number of nitrogens with two attached hydrogens (primary N) is 2. The molecule has 0 heterocycles. The van der Waals surface area contributed by atoms with Crippen LogP contribution in [-0.4, -0.2) is 11.5 Å². The van der Waals surface area contributed by atoms with E-state index in [-0.39, 0.29) is 0 Å². The van der Waals surface area contributed by atoms with Gasteiger partial charge in [-0.3, -0.25) is 0 Å². The highest BCUT2D eigenvalue weighted by Gasteiger charge is 1.98. The third-order valence-corrected chi connectivity index (χ3v) is 2.99. The fourth-order valence-corrected chi connectivity index (χ4v) is 1.87. The fraction of sp³-hybridized carbons (Fsp3) is 0.250. The van der Waals surface area contributed by atoms with E-state index in [1.54, 1.807) is 17.8 Å². The Labute approximate surface area is 82.1 Å². The molecule has 66 valence electrons. The second kappa shape index (κ2) is 4.52. The molecule has 0 radical (unpaired) electrons. The minimum atomic E-state index is 0.755. The van der Waals surface area contributed by atoms with Crippen molar-refractivity contribution < 1.29 is 0 Å². The molecular weight excluding hydrogens is 188 g/mol. The highest BCUT2D eigenvalue weighted by atomic mass is 32.2. The van der Waals surface area contributed by atoms with Gasteiger partial charge < -0.3 is 11.5 Å². The van der Waals surface area contributed by atoms with Crippen molar-refractivity contribution in [1.82, 2.24) is 0 Å². The van der Waals surface area contributed by atoms with Crippen LogP contribution in [0.2, 0.25) is 0 Å². The number of nitrogen functional groups attached to an aromatic ring is 2. The zero-order valence-corrected chi connectivity index (χ0v) is 8.37. The number of benzene rings is 1. The van der Waals surface area contributed by atoms with Gasteiger partial charge in [0.1, 0.15) is 0 Å². The largest absolute Gasteiger partial charge is 0.399 e. The third-order valence-electron chi connectivity index (χ3n) is 1.39. The predicted octanol–water partition coefficient (Wildman–Crippen LogP) is 1.87. The number of thiol groups is 1. The monoisotopic (exact) mass is 200 g/mol. The molecule has 0 aromatic heterocycles. The van der Waals surface area contributed by atoms with Crippen LogP contribution >= 0.6 is 24.4 Å². The molecule has 0 fully saturated rings. The summed E-state index contributed by atoms with van der Waals surface area (Å²) in [5.41, 5.74) is 12.9. The average molecular weight is 200 g/mol. The van der Waals surface area contributed by atoms with Gasteiger partial charge in [-0.1, -0.05) is 0 Å². The third kappa shape index (κ3) is 2.53. The van der Waals surface area contributed by atoms with Crippen molar-refractivity contribution >= 4 is 35.8 Å². The number of hydrogen-bond donors (Lipinski definition) is 3. The van der Waals surface area contributed by atoms with Crippen LogP contribution < -0.4 is 11.5 Å². The molecule has 0 saturated carbocycles. The molecule has 1 aromatic rings.